The van der Waals surface area contributed by atoms with Crippen LogP contribution in [0.25, 0.3) is 0 Å². The van der Waals surface area contributed by atoms with Gasteiger partial charge in [-0.2, -0.15) is 13.2 Å². The molecule has 1 amide bonds. The second kappa shape index (κ2) is 6.99. The van der Waals surface area contributed by atoms with Gasteiger partial charge in [-0.15, -0.1) is 6.42 Å². The molecule has 20 heavy (non-hydrogen) atoms. The smallest absolute Gasteiger partial charge is 0.342 e. The molecular weight excluding hydrogens is 267 g/mol. The van der Waals surface area contributed by atoms with Crippen molar-refractivity contribution in [3.63, 3.8) is 0 Å². The van der Waals surface area contributed by atoms with Crippen molar-refractivity contribution in [1.82, 2.24) is 5.32 Å². The Morgan fingerprint density at radius 3 is 2.40 bits per heavy atom. The maximum absolute atomic E-state index is 12.4. The Kier molecular flexibility index (Phi) is 5.63. The van der Waals surface area contributed by atoms with E-state index in [1.165, 1.54) is 12.1 Å². The molecule has 0 aliphatic rings. The van der Waals surface area contributed by atoms with Gasteiger partial charge in [0.25, 0.3) is 0 Å². The molecule has 1 N–H and O–H groups in total. The minimum absolute atomic E-state index is 0.0139. The van der Waals surface area contributed by atoms with E-state index in [9.17, 15) is 18.0 Å². The van der Waals surface area contributed by atoms with Gasteiger partial charge < -0.3 is 5.32 Å². The normalized spacial score (nSPS) is 12.6. The van der Waals surface area contributed by atoms with Gasteiger partial charge in [-0.3, -0.25) is 4.79 Å². The van der Waals surface area contributed by atoms with E-state index in [1.54, 1.807) is 0 Å². The van der Waals surface area contributed by atoms with Crippen LogP contribution in [-0.2, 0) is 17.4 Å². The molecule has 0 spiro atoms. The Hall–Kier alpha value is -1.96. The number of nitrogens with one attached hydrogen (secondary N) is 1. The van der Waals surface area contributed by atoms with Crippen LogP contribution in [0.3, 0.4) is 0 Å². The molecule has 5 heteroatoms. The van der Waals surface area contributed by atoms with Gasteiger partial charge in [0, 0.05) is 0 Å². The van der Waals surface area contributed by atoms with Crippen LogP contribution in [0.5, 0.6) is 0 Å². The summed E-state index contributed by atoms with van der Waals surface area (Å²) < 4.78 is 37.1. The standard InChI is InChI=1S/C15H16F3NO/c1-3-5-13(4-2)19-14(20)10-11-6-8-12(9-7-11)15(16,17)18/h2,6-9,13H,3,5,10H2,1H3,(H,19,20). The van der Waals surface area contributed by atoms with E-state index in [2.05, 4.69) is 11.2 Å². The predicted octanol–water partition coefficient (Wildman–Crippen LogP) is 3.17. The van der Waals surface area contributed by atoms with E-state index in [0.717, 1.165) is 18.6 Å². The molecule has 1 atom stereocenters. The molecule has 1 aromatic carbocycles. The number of hydrogen-bond acceptors (Lipinski definition) is 1. The van der Waals surface area contributed by atoms with Gasteiger partial charge >= 0.3 is 6.18 Å². The molecule has 0 saturated heterocycles. The van der Waals surface area contributed by atoms with E-state index in [0.29, 0.717) is 12.0 Å². The number of carbonyl (C=O) groups is 1. The van der Waals surface area contributed by atoms with Gasteiger partial charge in [-0.1, -0.05) is 31.4 Å². The van der Waals surface area contributed by atoms with Crippen LogP contribution >= 0.6 is 0 Å². The van der Waals surface area contributed by atoms with Crippen molar-refractivity contribution in [3.8, 4) is 12.3 Å². The minimum atomic E-state index is -4.36. The van der Waals surface area contributed by atoms with Gasteiger partial charge in [0.05, 0.1) is 18.0 Å². The zero-order chi connectivity index (χ0) is 15.2. The molecule has 0 fully saturated rings. The monoisotopic (exact) mass is 283 g/mol. The van der Waals surface area contributed by atoms with E-state index < -0.39 is 11.7 Å². The summed E-state index contributed by atoms with van der Waals surface area (Å²) in [6.07, 6.45) is 2.45. The Morgan fingerprint density at radius 1 is 1.35 bits per heavy atom. The molecule has 108 valence electrons. The first-order chi connectivity index (χ1) is 9.36. The maximum atomic E-state index is 12.4. The number of hydrogen-bond donors (Lipinski definition) is 1. The summed E-state index contributed by atoms with van der Waals surface area (Å²) in [7, 11) is 0. The minimum Gasteiger partial charge on any atom is -0.342 e. The van der Waals surface area contributed by atoms with Crippen molar-refractivity contribution in [2.45, 2.75) is 38.4 Å². The van der Waals surface area contributed by atoms with Crippen molar-refractivity contribution in [3.05, 3.63) is 35.4 Å². The van der Waals surface area contributed by atoms with Crippen LogP contribution in [0.2, 0.25) is 0 Å². The lowest BCUT2D eigenvalue weighted by molar-refractivity contribution is -0.137. The quantitative estimate of drug-likeness (QED) is 0.826. The topological polar surface area (TPSA) is 29.1 Å². The van der Waals surface area contributed by atoms with Crippen LogP contribution in [0.15, 0.2) is 24.3 Å². The third-order valence-corrected chi connectivity index (χ3v) is 2.76. The highest BCUT2D eigenvalue weighted by molar-refractivity contribution is 5.79. The SMILES string of the molecule is C#CC(CCC)NC(=O)Cc1ccc(C(F)(F)F)cc1. The molecule has 0 aromatic heterocycles. The van der Waals surface area contributed by atoms with Crippen molar-refractivity contribution in [2.24, 2.45) is 0 Å². The lowest BCUT2D eigenvalue weighted by Crippen LogP contribution is -2.34. The van der Waals surface area contributed by atoms with Crippen LogP contribution in [0, 0.1) is 12.3 Å². The van der Waals surface area contributed by atoms with Crippen molar-refractivity contribution < 1.29 is 18.0 Å². The second-order valence-corrected chi connectivity index (χ2v) is 4.45. The zero-order valence-corrected chi connectivity index (χ0v) is 11.1. The lowest BCUT2D eigenvalue weighted by Gasteiger charge is -2.12. The Bertz CT molecular complexity index is 485. The third kappa shape index (κ3) is 4.96. The fourth-order valence-electron chi connectivity index (χ4n) is 1.73. The zero-order valence-electron chi connectivity index (χ0n) is 11.1. The molecule has 0 radical (unpaired) electrons. The molecule has 2 nitrogen and oxygen atoms in total. The van der Waals surface area contributed by atoms with Gasteiger partial charge in [0.15, 0.2) is 0 Å². The highest BCUT2D eigenvalue weighted by Gasteiger charge is 2.29. The van der Waals surface area contributed by atoms with E-state index in [-0.39, 0.29) is 18.4 Å². The molecule has 0 aliphatic carbocycles. The van der Waals surface area contributed by atoms with Gasteiger partial charge in [-0.05, 0) is 24.1 Å². The number of carbonyl (C=O) groups excluding carboxylic acids is 1. The first-order valence-corrected chi connectivity index (χ1v) is 6.28. The van der Waals surface area contributed by atoms with Crippen LogP contribution in [0.1, 0.15) is 30.9 Å². The molecule has 0 heterocycles. The highest BCUT2D eigenvalue weighted by Crippen LogP contribution is 2.29. The summed E-state index contributed by atoms with van der Waals surface area (Å²) in [5.41, 5.74) is -0.211. The summed E-state index contributed by atoms with van der Waals surface area (Å²) >= 11 is 0. The Labute approximate surface area is 116 Å². The Balaban J connectivity index is 2.61. The molecular formula is C15H16F3NO. The predicted molar refractivity (Wildman–Crippen MR) is 70.8 cm³/mol. The van der Waals surface area contributed by atoms with Crippen LogP contribution in [0.4, 0.5) is 13.2 Å². The van der Waals surface area contributed by atoms with E-state index in [1.807, 2.05) is 6.92 Å². The fraction of sp³-hybridized carbons (Fsp3) is 0.400. The van der Waals surface area contributed by atoms with E-state index >= 15 is 0 Å². The molecule has 0 aliphatic heterocycles. The summed E-state index contributed by atoms with van der Waals surface area (Å²) in [4.78, 5) is 11.7. The third-order valence-electron chi connectivity index (χ3n) is 2.76. The number of amides is 1. The number of terminal acetylenes is 1. The first-order valence-electron chi connectivity index (χ1n) is 6.28. The van der Waals surface area contributed by atoms with Crippen molar-refractivity contribution >= 4 is 5.91 Å². The average molecular weight is 283 g/mol. The first kappa shape index (κ1) is 16.1. The number of alkyl halides is 3. The molecule has 1 rings (SSSR count). The van der Waals surface area contributed by atoms with Crippen molar-refractivity contribution in [2.75, 3.05) is 0 Å². The largest absolute Gasteiger partial charge is 0.416 e. The molecule has 1 aromatic rings. The molecule has 0 bridgehead atoms. The molecule has 0 saturated carbocycles. The summed E-state index contributed by atoms with van der Waals surface area (Å²) in [5.74, 6) is 2.18. The van der Waals surface area contributed by atoms with Gasteiger partial charge in [-0.25, -0.2) is 0 Å². The average Bonchev–Trinajstić information content (AvgIpc) is 2.37. The van der Waals surface area contributed by atoms with Crippen LogP contribution in [-0.4, -0.2) is 11.9 Å². The second-order valence-electron chi connectivity index (χ2n) is 4.45. The fourth-order valence-corrected chi connectivity index (χ4v) is 1.73. The summed E-state index contributed by atoms with van der Waals surface area (Å²) in [5, 5.41) is 2.66. The van der Waals surface area contributed by atoms with Crippen LogP contribution < -0.4 is 5.32 Å². The summed E-state index contributed by atoms with van der Waals surface area (Å²) in [6.45, 7) is 1.95. The lowest BCUT2D eigenvalue weighted by atomic mass is 10.1. The van der Waals surface area contributed by atoms with Crippen molar-refractivity contribution in [1.29, 1.82) is 0 Å². The summed E-state index contributed by atoms with van der Waals surface area (Å²) in [6, 6.07) is 4.20. The number of benzene rings is 1. The maximum Gasteiger partial charge on any atom is 0.416 e. The number of halogens is 3. The highest BCUT2D eigenvalue weighted by atomic mass is 19.4. The van der Waals surface area contributed by atoms with Gasteiger partial charge in [0.2, 0.25) is 5.91 Å². The van der Waals surface area contributed by atoms with Gasteiger partial charge in [0.1, 0.15) is 0 Å². The van der Waals surface area contributed by atoms with E-state index in [4.69, 9.17) is 6.42 Å². The Morgan fingerprint density at radius 2 is 1.95 bits per heavy atom. The number of rotatable bonds is 5. The molecule has 1 unspecified atom stereocenters.